The molecular formula is C20H17F3N2O3S. The SMILES string of the molecule is CCOc1ccc(/C=C2\SC(=Nc3cccc(C(F)(F)F)c3)NC2=O)cc1OC. The Labute approximate surface area is 169 Å². The molecule has 152 valence electrons. The van der Waals surface area contributed by atoms with Crippen molar-refractivity contribution in [1.82, 2.24) is 5.32 Å². The fraction of sp³-hybridized carbons (Fsp3) is 0.200. The molecule has 1 heterocycles. The number of carbonyl (C=O) groups is 1. The average molecular weight is 422 g/mol. The number of methoxy groups -OCH3 is 1. The zero-order valence-corrected chi connectivity index (χ0v) is 16.4. The van der Waals surface area contributed by atoms with Gasteiger partial charge in [0.2, 0.25) is 0 Å². The van der Waals surface area contributed by atoms with Crippen molar-refractivity contribution >= 4 is 34.6 Å². The number of carbonyl (C=O) groups excluding carboxylic acids is 1. The number of rotatable bonds is 5. The number of amidine groups is 1. The van der Waals surface area contributed by atoms with E-state index in [2.05, 4.69) is 10.3 Å². The van der Waals surface area contributed by atoms with E-state index < -0.39 is 11.7 Å². The lowest BCUT2D eigenvalue weighted by atomic mass is 10.2. The first-order valence-corrected chi connectivity index (χ1v) is 9.39. The van der Waals surface area contributed by atoms with Crippen LogP contribution in [0, 0.1) is 0 Å². The molecule has 0 bridgehead atoms. The van der Waals surface area contributed by atoms with Gasteiger partial charge >= 0.3 is 6.18 Å². The number of nitrogens with zero attached hydrogens (tertiary/aromatic N) is 1. The number of aliphatic imine (C=N–C) groups is 1. The highest BCUT2D eigenvalue weighted by atomic mass is 32.2. The molecule has 0 unspecified atom stereocenters. The second-order valence-corrected chi connectivity index (χ2v) is 6.90. The van der Waals surface area contributed by atoms with Crippen LogP contribution >= 0.6 is 11.8 Å². The van der Waals surface area contributed by atoms with Gasteiger partial charge in [0.1, 0.15) is 0 Å². The lowest BCUT2D eigenvalue weighted by Crippen LogP contribution is -2.19. The Morgan fingerprint density at radius 3 is 2.66 bits per heavy atom. The highest BCUT2D eigenvalue weighted by Gasteiger charge is 2.30. The summed E-state index contributed by atoms with van der Waals surface area (Å²) in [7, 11) is 1.52. The maximum absolute atomic E-state index is 12.8. The van der Waals surface area contributed by atoms with Crippen LogP contribution in [0.15, 0.2) is 52.4 Å². The van der Waals surface area contributed by atoms with Crippen molar-refractivity contribution in [3.8, 4) is 11.5 Å². The number of alkyl halides is 3. The highest BCUT2D eigenvalue weighted by Crippen LogP contribution is 2.34. The van der Waals surface area contributed by atoms with Gasteiger partial charge in [-0.1, -0.05) is 12.1 Å². The Morgan fingerprint density at radius 1 is 1.17 bits per heavy atom. The first-order valence-electron chi connectivity index (χ1n) is 8.58. The van der Waals surface area contributed by atoms with E-state index in [0.717, 1.165) is 23.9 Å². The van der Waals surface area contributed by atoms with Gasteiger partial charge in [-0.3, -0.25) is 4.79 Å². The molecule has 1 saturated heterocycles. The number of halogens is 3. The van der Waals surface area contributed by atoms with Crippen molar-refractivity contribution in [2.75, 3.05) is 13.7 Å². The van der Waals surface area contributed by atoms with Crippen LogP contribution in [-0.4, -0.2) is 24.8 Å². The summed E-state index contributed by atoms with van der Waals surface area (Å²) in [4.78, 5) is 16.7. The third-order valence-electron chi connectivity index (χ3n) is 3.84. The summed E-state index contributed by atoms with van der Waals surface area (Å²) < 4.78 is 49.3. The standard InChI is InChI=1S/C20H17F3N2O3S/c1-3-28-15-8-7-12(9-16(15)27-2)10-17-18(26)25-19(29-17)24-14-6-4-5-13(11-14)20(21,22)23/h4-11H,3H2,1-2H3,(H,24,25,26)/b17-10-. The summed E-state index contributed by atoms with van der Waals surface area (Å²) in [6.07, 6.45) is -2.81. The topological polar surface area (TPSA) is 59.9 Å². The largest absolute Gasteiger partial charge is 0.493 e. The molecule has 1 aliphatic heterocycles. The molecule has 1 N–H and O–H groups in total. The predicted molar refractivity (Wildman–Crippen MR) is 106 cm³/mol. The second-order valence-electron chi connectivity index (χ2n) is 5.87. The quantitative estimate of drug-likeness (QED) is 0.689. The third kappa shape index (κ3) is 5.11. The van der Waals surface area contributed by atoms with Crippen LogP contribution in [0.1, 0.15) is 18.1 Å². The number of thioether (sulfide) groups is 1. The van der Waals surface area contributed by atoms with Gasteiger partial charge in [0, 0.05) is 0 Å². The molecule has 5 nitrogen and oxygen atoms in total. The summed E-state index contributed by atoms with van der Waals surface area (Å²) in [6.45, 7) is 2.35. The van der Waals surface area contributed by atoms with Crippen LogP contribution in [0.2, 0.25) is 0 Å². The molecule has 9 heteroatoms. The summed E-state index contributed by atoms with van der Waals surface area (Å²) >= 11 is 1.05. The summed E-state index contributed by atoms with van der Waals surface area (Å²) in [5, 5.41) is 2.77. The molecule has 0 spiro atoms. The van der Waals surface area contributed by atoms with E-state index in [9.17, 15) is 18.0 Å². The van der Waals surface area contributed by atoms with Gasteiger partial charge < -0.3 is 14.8 Å². The normalized spacial score (nSPS) is 16.9. The number of hydrogen-bond donors (Lipinski definition) is 1. The molecule has 2 aromatic carbocycles. The molecule has 1 fully saturated rings. The van der Waals surface area contributed by atoms with E-state index in [1.807, 2.05) is 6.92 Å². The maximum Gasteiger partial charge on any atom is 0.416 e. The first kappa shape index (κ1) is 20.8. The van der Waals surface area contributed by atoms with Crippen molar-refractivity contribution in [3.05, 3.63) is 58.5 Å². The van der Waals surface area contributed by atoms with Crippen LogP contribution < -0.4 is 14.8 Å². The fourth-order valence-electron chi connectivity index (χ4n) is 2.55. The van der Waals surface area contributed by atoms with Crippen molar-refractivity contribution < 1.29 is 27.4 Å². The smallest absolute Gasteiger partial charge is 0.416 e. The van der Waals surface area contributed by atoms with E-state index in [1.165, 1.54) is 19.2 Å². The van der Waals surface area contributed by atoms with E-state index in [0.29, 0.717) is 28.6 Å². The Bertz CT molecular complexity index is 987. The molecule has 2 aromatic rings. The summed E-state index contributed by atoms with van der Waals surface area (Å²) in [5.74, 6) is 0.739. The van der Waals surface area contributed by atoms with Crippen LogP contribution in [0.3, 0.4) is 0 Å². The van der Waals surface area contributed by atoms with E-state index in [4.69, 9.17) is 9.47 Å². The maximum atomic E-state index is 12.8. The molecule has 1 amide bonds. The predicted octanol–water partition coefficient (Wildman–Crippen LogP) is 5.00. The van der Waals surface area contributed by atoms with Gasteiger partial charge in [-0.2, -0.15) is 13.2 Å². The second kappa shape index (κ2) is 8.60. The van der Waals surface area contributed by atoms with Crippen molar-refractivity contribution in [2.45, 2.75) is 13.1 Å². The highest BCUT2D eigenvalue weighted by molar-refractivity contribution is 8.18. The number of hydrogen-bond acceptors (Lipinski definition) is 5. The number of nitrogens with one attached hydrogen (secondary N) is 1. The Kier molecular flexibility index (Phi) is 6.17. The van der Waals surface area contributed by atoms with Gasteiger partial charge in [-0.25, -0.2) is 4.99 Å². The molecule has 0 atom stereocenters. The molecule has 0 saturated carbocycles. The minimum Gasteiger partial charge on any atom is -0.493 e. The molecule has 29 heavy (non-hydrogen) atoms. The fourth-order valence-corrected chi connectivity index (χ4v) is 3.39. The summed E-state index contributed by atoms with van der Waals surface area (Å²) in [6, 6.07) is 9.85. The van der Waals surface area contributed by atoms with Gasteiger partial charge in [0.05, 0.1) is 29.9 Å². The van der Waals surface area contributed by atoms with E-state index >= 15 is 0 Å². The number of amides is 1. The van der Waals surface area contributed by atoms with Crippen molar-refractivity contribution in [2.24, 2.45) is 4.99 Å². The van der Waals surface area contributed by atoms with Crippen molar-refractivity contribution in [1.29, 1.82) is 0 Å². The third-order valence-corrected chi connectivity index (χ3v) is 4.75. The van der Waals surface area contributed by atoms with Crippen molar-refractivity contribution in [3.63, 3.8) is 0 Å². The minimum absolute atomic E-state index is 0.103. The van der Waals surface area contributed by atoms with Gasteiger partial charge in [-0.05, 0) is 60.7 Å². The number of ether oxygens (including phenoxy) is 2. The van der Waals surface area contributed by atoms with Crippen LogP contribution in [-0.2, 0) is 11.0 Å². The zero-order chi connectivity index (χ0) is 21.0. The molecule has 0 aromatic heterocycles. The number of benzene rings is 2. The van der Waals surface area contributed by atoms with Crippen LogP contribution in [0.25, 0.3) is 6.08 Å². The van der Waals surface area contributed by atoms with Gasteiger partial charge in [0.15, 0.2) is 16.7 Å². The Morgan fingerprint density at radius 2 is 1.97 bits per heavy atom. The van der Waals surface area contributed by atoms with Crippen LogP contribution in [0.4, 0.5) is 18.9 Å². The average Bonchev–Trinajstić information content (AvgIpc) is 3.01. The molecule has 0 aliphatic carbocycles. The lowest BCUT2D eigenvalue weighted by Gasteiger charge is -2.09. The van der Waals surface area contributed by atoms with E-state index in [1.54, 1.807) is 24.3 Å². The Balaban J connectivity index is 1.82. The molecule has 1 aliphatic rings. The minimum atomic E-state index is -4.46. The van der Waals surface area contributed by atoms with Crippen LogP contribution in [0.5, 0.6) is 11.5 Å². The first-order chi connectivity index (χ1) is 13.8. The monoisotopic (exact) mass is 422 g/mol. The van der Waals surface area contributed by atoms with Gasteiger partial charge in [0.25, 0.3) is 5.91 Å². The lowest BCUT2D eigenvalue weighted by molar-refractivity contribution is -0.137. The molecule has 3 rings (SSSR count). The molecular weight excluding hydrogens is 405 g/mol. The Hall–Kier alpha value is -2.94. The van der Waals surface area contributed by atoms with E-state index in [-0.39, 0.29) is 16.8 Å². The van der Waals surface area contributed by atoms with Gasteiger partial charge in [-0.15, -0.1) is 0 Å². The molecule has 0 radical (unpaired) electrons. The zero-order valence-electron chi connectivity index (χ0n) is 15.5. The summed E-state index contributed by atoms with van der Waals surface area (Å²) in [5.41, 5.74) is 0.0146.